The summed E-state index contributed by atoms with van der Waals surface area (Å²) < 4.78 is 0. The first-order valence-electron chi connectivity index (χ1n) is 6.21. The molecule has 0 amide bonds. The molecule has 0 unspecified atom stereocenters. The third-order valence-corrected chi connectivity index (χ3v) is 4.58. The molecule has 0 atom stereocenters. The second-order valence-corrected chi connectivity index (χ2v) is 5.78. The lowest BCUT2D eigenvalue weighted by atomic mass is 9.82. The fourth-order valence-electron chi connectivity index (χ4n) is 2.82. The van der Waals surface area contributed by atoms with Crippen molar-refractivity contribution in [2.24, 2.45) is 5.92 Å². The molecule has 0 aromatic carbocycles. The van der Waals surface area contributed by atoms with Gasteiger partial charge in [0.25, 0.3) is 0 Å². The topological polar surface area (TPSA) is 0 Å². The normalized spacial score (nSPS) is 21.7. The minimum atomic E-state index is 0.898. The molecule has 0 saturated heterocycles. The van der Waals surface area contributed by atoms with E-state index in [1.165, 1.54) is 44.9 Å². The van der Waals surface area contributed by atoms with E-state index in [0.717, 1.165) is 5.92 Å². The highest BCUT2D eigenvalue weighted by molar-refractivity contribution is 7.11. The first-order valence-corrected chi connectivity index (χ1v) is 7.09. The maximum Gasteiger partial charge on any atom is 0.0304 e. The van der Waals surface area contributed by atoms with E-state index in [4.69, 9.17) is 0 Å². The van der Waals surface area contributed by atoms with Crippen LogP contribution in [0.25, 0.3) is 5.57 Å². The number of hydrogen-bond donors (Lipinski definition) is 0. The summed E-state index contributed by atoms with van der Waals surface area (Å²) >= 11 is 1.94. The number of hydrogen-bond acceptors (Lipinski definition) is 1. The highest BCUT2D eigenvalue weighted by Gasteiger charge is 2.26. The van der Waals surface area contributed by atoms with Crippen molar-refractivity contribution in [3.63, 3.8) is 0 Å². The number of rotatable bonds is 2. The van der Waals surface area contributed by atoms with Gasteiger partial charge in [-0.1, -0.05) is 30.9 Å². The molecule has 0 nitrogen and oxygen atoms in total. The Morgan fingerprint density at radius 1 is 1.13 bits per heavy atom. The van der Waals surface area contributed by atoms with Crippen LogP contribution in [0.2, 0.25) is 0 Å². The fourth-order valence-corrected chi connectivity index (χ4v) is 3.72. The summed E-state index contributed by atoms with van der Waals surface area (Å²) in [6.45, 7) is 0. The van der Waals surface area contributed by atoms with Crippen molar-refractivity contribution < 1.29 is 0 Å². The van der Waals surface area contributed by atoms with E-state index in [2.05, 4.69) is 17.5 Å². The molecule has 0 aliphatic heterocycles. The van der Waals surface area contributed by atoms with Crippen LogP contribution in [0, 0.1) is 5.92 Å². The van der Waals surface area contributed by atoms with Crippen molar-refractivity contribution in [1.29, 1.82) is 0 Å². The van der Waals surface area contributed by atoms with Crippen molar-refractivity contribution in [2.45, 2.75) is 44.9 Å². The molecule has 15 heavy (non-hydrogen) atoms. The average molecular weight is 218 g/mol. The van der Waals surface area contributed by atoms with Gasteiger partial charge in [-0.05, 0) is 48.6 Å². The molecule has 2 saturated carbocycles. The lowest BCUT2D eigenvalue weighted by Crippen LogP contribution is -2.08. The van der Waals surface area contributed by atoms with E-state index in [1.54, 1.807) is 16.0 Å². The quantitative estimate of drug-likeness (QED) is 0.664. The van der Waals surface area contributed by atoms with Gasteiger partial charge in [-0.2, -0.15) is 0 Å². The molecular formula is C14H18S. The van der Waals surface area contributed by atoms with Gasteiger partial charge in [-0.25, -0.2) is 0 Å². The van der Waals surface area contributed by atoms with E-state index >= 15 is 0 Å². The minimum absolute atomic E-state index is 0.898. The molecule has 1 heterocycles. The summed E-state index contributed by atoms with van der Waals surface area (Å²) in [7, 11) is 0. The highest BCUT2D eigenvalue weighted by atomic mass is 32.1. The summed E-state index contributed by atoms with van der Waals surface area (Å²) in [5.41, 5.74) is 3.52. The molecule has 1 heteroatoms. The van der Waals surface area contributed by atoms with Crippen molar-refractivity contribution in [1.82, 2.24) is 0 Å². The second kappa shape index (κ2) is 4.13. The zero-order valence-electron chi connectivity index (χ0n) is 9.17. The Morgan fingerprint density at radius 3 is 2.53 bits per heavy atom. The Bertz CT molecular complexity index is 347. The first kappa shape index (κ1) is 9.65. The lowest BCUT2D eigenvalue weighted by molar-refractivity contribution is 0.429. The Kier molecular flexibility index (Phi) is 2.66. The zero-order valence-corrected chi connectivity index (χ0v) is 9.98. The van der Waals surface area contributed by atoms with Gasteiger partial charge < -0.3 is 0 Å². The molecular weight excluding hydrogens is 200 g/mol. The summed E-state index contributed by atoms with van der Waals surface area (Å²) in [5.74, 6) is 0.898. The first-order chi connectivity index (χ1) is 7.45. The average Bonchev–Trinajstić information content (AvgIpc) is 2.96. The van der Waals surface area contributed by atoms with Crippen molar-refractivity contribution in [3.8, 4) is 0 Å². The van der Waals surface area contributed by atoms with Crippen LogP contribution >= 0.6 is 11.3 Å². The SMILES string of the molecule is c1csc(C(=C2CC2)C2CCCCC2)c1. The second-order valence-electron chi connectivity index (χ2n) is 4.83. The van der Waals surface area contributed by atoms with Gasteiger partial charge >= 0.3 is 0 Å². The summed E-state index contributed by atoms with van der Waals surface area (Å²) in [6, 6.07) is 4.52. The van der Waals surface area contributed by atoms with Gasteiger partial charge in [-0.3, -0.25) is 0 Å². The van der Waals surface area contributed by atoms with Gasteiger partial charge in [0.2, 0.25) is 0 Å². The summed E-state index contributed by atoms with van der Waals surface area (Å²) in [6.07, 6.45) is 10.0. The summed E-state index contributed by atoms with van der Waals surface area (Å²) in [4.78, 5) is 1.56. The lowest BCUT2D eigenvalue weighted by Gasteiger charge is -2.24. The van der Waals surface area contributed by atoms with Crippen LogP contribution < -0.4 is 0 Å². The zero-order chi connectivity index (χ0) is 10.1. The smallest absolute Gasteiger partial charge is 0.0304 e. The standard InChI is InChI=1S/C14H18S/c1-2-5-11(6-3-1)14(12-8-9-12)13-7-4-10-15-13/h4,7,10-11H,1-3,5-6,8-9H2. The van der Waals surface area contributed by atoms with Crippen LogP contribution in [0.4, 0.5) is 0 Å². The molecule has 1 aromatic rings. The van der Waals surface area contributed by atoms with Gasteiger partial charge in [0.1, 0.15) is 0 Å². The molecule has 2 aliphatic rings. The van der Waals surface area contributed by atoms with Crippen molar-refractivity contribution in [3.05, 3.63) is 28.0 Å². The van der Waals surface area contributed by atoms with Crippen LogP contribution in [0.3, 0.4) is 0 Å². The van der Waals surface area contributed by atoms with Gasteiger partial charge in [0.05, 0.1) is 0 Å². The highest BCUT2D eigenvalue weighted by Crippen LogP contribution is 2.45. The molecule has 1 aromatic heterocycles. The minimum Gasteiger partial charge on any atom is -0.144 e. The van der Waals surface area contributed by atoms with Gasteiger partial charge in [0, 0.05) is 4.88 Å². The predicted molar refractivity (Wildman–Crippen MR) is 67.0 cm³/mol. The Balaban J connectivity index is 1.89. The number of allylic oxidation sites excluding steroid dienone is 2. The van der Waals surface area contributed by atoms with E-state index < -0.39 is 0 Å². The molecule has 0 N–H and O–H groups in total. The van der Waals surface area contributed by atoms with Crippen LogP contribution in [0.15, 0.2) is 23.1 Å². The Morgan fingerprint density at radius 2 is 1.93 bits per heavy atom. The third-order valence-electron chi connectivity index (χ3n) is 3.68. The van der Waals surface area contributed by atoms with Crippen LogP contribution in [-0.4, -0.2) is 0 Å². The monoisotopic (exact) mass is 218 g/mol. The number of thiophene rings is 1. The van der Waals surface area contributed by atoms with Crippen LogP contribution in [-0.2, 0) is 0 Å². The molecule has 0 radical (unpaired) electrons. The maximum atomic E-state index is 2.32. The van der Waals surface area contributed by atoms with Gasteiger partial charge in [-0.15, -0.1) is 11.3 Å². The third kappa shape index (κ3) is 2.03. The van der Waals surface area contributed by atoms with E-state index in [9.17, 15) is 0 Å². The molecule has 2 aliphatic carbocycles. The largest absolute Gasteiger partial charge is 0.144 e. The molecule has 2 fully saturated rings. The van der Waals surface area contributed by atoms with E-state index in [1.807, 2.05) is 11.3 Å². The van der Waals surface area contributed by atoms with Gasteiger partial charge in [0.15, 0.2) is 0 Å². The van der Waals surface area contributed by atoms with E-state index in [0.29, 0.717) is 0 Å². The van der Waals surface area contributed by atoms with Crippen LogP contribution in [0.1, 0.15) is 49.8 Å². The Hall–Kier alpha value is -0.560. The molecule has 3 rings (SSSR count). The Labute approximate surface area is 96.0 Å². The van der Waals surface area contributed by atoms with E-state index in [-0.39, 0.29) is 0 Å². The molecule has 0 bridgehead atoms. The fraction of sp³-hybridized carbons (Fsp3) is 0.571. The van der Waals surface area contributed by atoms with Crippen molar-refractivity contribution >= 4 is 16.9 Å². The van der Waals surface area contributed by atoms with Crippen molar-refractivity contribution in [2.75, 3.05) is 0 Å². The predicted octanol–water partition coefficient (Wildman–Crippen LogP) is 4.88. The maximum absolute atomic E-state index is 2.32. The molecule has 0 spiro atoms. The van der Waals surface area contributed by atoms with Crippen LogP contribution in [0.5, 0.6) is 0 Å². The molecule has 80 valence electrons. The summed E-state index contributed by atoms with van der Waals surface area (Å²) in [5, 5.41) is 2.22.